The third-order valence-corrected chi connectivity index (χ3v) is 3.11. The average Bonchev–Trinajstić information content (AvgIpc) is 3.07. The lowest BCUT2D eigenvalue weighted by atomic mass is 10.3. The topological polar surface area (TPSA) is 66.0 Å². The van der Waals surface area contributed by atoms with E-state index in [1.807, 2.05) is 22.8 Å². The fraction of sp³-hybridized carbons (Fsp3) is 0.250. The summed E-state index contributed by atoms with van der Waals surface area (Å²) in [5.41, 5.74) is 1.71. The second-order valence-corrected chi connectivity index (χ2v) is 4.19. The second-order valence-electron chi connectivity index (χ2n) is 3.92. The fourth-order valence-corrected chi connectivity index (χ4v) is 2.22. The highest BCUT2D eigenvalue weighted by molar-refractivity contribution is 6.16. The lowest BCUT2D eigenvalue weighted by Crippen LogP contribution is -2.05. The Bertz CT molecular complexity index is 693. The van der Waals surface area contributed by atoms with E-state index in [0.29, 0.717) is 18.2 Å². The van der Waals surface area contributed by atoms with Crippen molar-refractivity contribution in [3.63, 3.8) is 0 Å². The van der Waals surface area contributed by atoms with Gasteiger partial charge in [0.1, 0.15) is 17.1 Å². The van der Waals surface area contributed by atoms with Crippen LogP contribution in [0.25, 0.3) is 11.0 Å². The molecule has 1 aromatic carbocycles. The molecule has 2 heterocycles. The summed E-state index contributed by atoms with van der Waals surface area (Å²) >= 11 is 5.95. The summed E-state index contributed by atoms with van der Waals surface area (Å²) in [7, 11) is 1.62. The lowest BCUT2D eigenvalue weighted by Gasteiger charge is -2.04. The Kier molecular flexibility index (Phi) is 3.08. The van der Waals surface area contributed by atoms with E-state index in [0.717, 1.165) is 22.6 Å². The molecule has 2 aromatic heterocycles. The molecule has 19 heavy (non-hydrogen) atoms. The van der Waals surface area contributed by atoms with Gasteiger partial charge in [0.25, 0.3) is 0 Å². The van der Waals surface area contributed by atoms with Crippen molar-refractivity contribution in [2.75, 3.05) is 7.11 Å². The molecule has 0 saturated carbocycles. The van der Waals surface area contributed by atoms with Crippen molar-refractivity contribution in [3.8, 4) is 5.75 Å². The van der Waals surface area contributed by atoms with Gasteiger partial charge in [0.2, 0.25) is 6.39 Å². The monoisotopic (exact) mass is 278 g/mol. The van der Waals surface area contributed by atoms with E-state index in [4.69, 9.17) is 20.9 Å². The van der Waals surface area contributed by atoms with Crippen LogP contribution < -0.4 is 4.74 Å². The summed E-state index contributed by atoms with van der Waals surface area (Å²) < 4.78 is 12.0. The predicted molar refractivity (Wildman–Crippen MR) is 69.2 cm³/mol. The Morgan fingerprint density at radius 2 is 2.32 bits per heavy atom. The highest BCUT2D eigenvalue weighted by Gasteiger charge is 2.14. The number of hydrogen-bond acceptors (Lipinski definition) is 5. The van der Waals surface area contributed by atoms with Crippen LogP contribution in [0.5, 0.6) is 5.75 Å². The van der Waals surface area contributed by atoms with Crippen LogP contribution in [-0.4, -0.2) is 26.8 Å². The number of aromatic nitrogens is 4. The van der Waals surface area contributed by atoms with Gasteiger partial charge in [-0.05, 0) is 12.1 Å². The molecule has 0 aliphatic rings. The molecule has 0 aliphatic carbocycles. The number of para-hydroxylation sites is 1. The summed E-state index contributed by atoms with van der Waals surface area (Å²) in [6.45, 7) is 0.461. The van der Waals surface area contributed by atoms with Gasteiger partial charge in [0.15, 0.2) is 5.82 Å². The molecular formula is C12H11ClN4O2. The van der Waals surface area contributed by atoms with Crippen LogP contribution >= 0.6 is 11.6 Å². The molecule has 0 saturated heterocycles. The molecule has 98 valence electrons. The van der Waals surface area contributed by atoms with E-state index in [2.05, 4.69) is 15.1 Å². The van der Waals surface area contributed by atoms with Crippen molar-refractivity contribution in [3.05, 3.63) is 36.2 Å². The third-order valence-electron chi connectivity index (χ3n) is 2.87. The maximum absolute atomic E-state index is 5.95. The van der Waals surface area contributed by atoms with Crippen molar-refractivity contribution in [1.29, 1.82) is 0 Å². The molecule has 0 unspecified atom stereocenters. The Labute approximate surface area is 114 Å². The first-order valence-corrected chi connectivity index (χ1v) is 6.20. The summed E-state index contributed by atoms with van der Waals surface area (Å²) in [4.78, 5) is 8.52. The van der Waals surface area contributed by atoms with E-state index in [1.165, 1.54) is 6.39 Å². The number of halogens is 1. The van der Waals surface area contributed by atoms with Crippen LogP contribution in [0.15, 0.2) is 29.1 Å². The van der Waals surface area contributed by atoms with Crippen LogP contribution in [0.2, 0.25) is 0 Å². The van der Waals surface area contributed by atoms with Gasteiger partial charge in [0, 0.05) is 0 Å². The van der Waals surface area contributed by atoms with Gasteiger partial charge in [-0.2, -0.15) is 4.98 Å². The van der Waals surface area contributed by atoms with Gasteiger partial charge >= 0.3 is 0 Å². The smallest absolute Gasteiger partial charge is 0.213 e. The van der Waals surface area contributed by atoms with Crippen molar-refractivity contribution < 1.29 is 9.26 Å². The van der Waals surface area contributed by atoms with Gasteiger partial charge in [-0.15, -0.1) is 11.6 Å². The van der Waals surface area contributed by atoms with Crippen LogP contribution in [0, 0.1) is 0 Å². The zero-order valence-corrected chi connectivity index (χ0v) is 11.0. The lowest BCUT2D eigenvalue weighted by molar-refractivity contribution is 0.408. The molecule has 0 spiro atoms. The second kappa shape index (κ2) is 4.89. The zero-order valence-electron chi connectivity index (χ0n) is 10.2. The number of hydrogen-bond donors (Lipinski definition) is 0. The third kappa shape index (κ3) is 2.04. The Morgan fingerprint density at radius 3 is 3.00 bits per heavy atom. The maximum Gasteiger partial charge on any atom is 0.213 e. The molecule has 3 rings (SSSR count). The summed E-state index contributed by atoms with van der Waals surface area (Å²) in [5, 5.41) is 3.81. The standard InChI is InChI=1S/C12H11ClN4O2/c1-18-9-4-2-3-8-12(9)15-11(5-13)17(8)6-10-14-7-19-16-10/h2-4,7H,5-6H2,1H3. The molecule has 0 aliphatic heterocycles. The van der Waals surface area contributed by atoms with Crippen molar-refractivity contribution in [2.45, 2.75) is 12.4 Å². The quantitative estimate of drug-likeness (QED) is 0.685. The molecule has 0 amide bonds. The van der Waals surface area contributed by atoms with E-state index in [9.17, 15) is 0 Å². The number of ether oxygens (including phenoxy) is 1. The van der Waals surface area contributed by atoms with E-state index in [-0.39, 0.29) is 0 Å². The minimum atomic E-state index is 0.301. The minimum Gasteiger partial charge on any atom is -0.494 e. The molecule has 0 N–H and O–H groups in total. The van der Waals surface area contributed by atoms with E-state index >= 15 is 0 Å². The molecule has 0 bridgehead atoms. The van der Waals surface area contributed by atoms with Gasteiger partial charge in [-0.25, -0.2) is 4.98 Å². The van der Waals surface area contributed by atoms with Crippen LogP contribution in [0.3, 0.4) is 0 Å². The Morgan fingerprint density at radius 1 is 1.42 bits per heavy atom. The Balaban J connectivity index is 2.16. The first-order chi connectivity index (χ1) is 9.33. The van der Waals surface area contributed by atoms with Gasteiger partial charge < -0.3 is 13.8 Å². The minimum absolute atomic E-state index is 0.301. The Hall–Kier alpha value is -2.08. The summed E-state index contributed by atoms with van der Waals surface area (Å²) in [5.74, 6) is 2.34. The normalized spacial score (nSPS) is 11.1. The number of rotatable bonds is 4. The van der Waals surface area contributed by atoms with Crippen molar-refractivity contribution >= 4 is 22.6 Å². The summed E-state index contributed by atoms with van der Waals surface area (Å²) in [6.07, 6.45) is 1.30. The van der Waals surface area contributed by atoms with Crippen molar-refractivity contribution in [2.24, 2.45) is 0 Å². The maximum atomic E-state index is 5.95. The molecule has 0 radical (unpaired) electrons. The van der Waals surface area contributed by atoms with E-state index in [1.54, 1.807) is 7.11 Å². The molecule has 7 heteroatoms. The highest BCUT2D eigenvalue weighted by Crippen LogP contribution is 2.26. The van der Waals surface area contributed by atoms with Gasteiger partial charge in [0.05, 0.1) is 25.1 Å². The van der Waals surface area contributed by atoms with Crippen LogP contribution in [0.1, 0.15) is 11.6 Å². The number of nitrogens with zero attached hydrogens (tertiary/aromatic N) is 4. The number of alkyl halides is 1. The fourth-order valence-electron chi connectivity index (χ4n) is 2.02. The van der Waals surface area contributed by atoms with Gasteiger partial charge in [-0.1, -0.05) is 11.2 Å². The predicted octanol–water partition coefficient (Wildman–Crippen LogP) is 2.21. The number of methoxy groups -OCH3 is 1. The molecule has 0 fully saturated rings. The number of benzene rings is 1. The van der Waals surface area contributed by atoms with Crippen LogP contribution in [-0.2, 0) is 12.4 Å². The molecular weight excluding hydrogens is 268 g/mol. The number of imidazole rings is 1. The molecule has 3 aromatic rings. The van der Waals surface area contributed by atoms with E-state index < -0.39 is 0 Å². The van der Waals surface area contributed by atoms with Gasteiger partial charge in [-0.3, -0.25) is 0 Å². The van der Waals surface area contributed by atoms with Crippen molar-refractivity contribution in [1.82, 2.24) is 19.7 Å². The molecule has 6 nitrogen and oxygen atoms in total. The zero-order chi connectivity index (χ0) is 13.2. The average molecular weight is 279 g/mol. The first kappa shape index (κ1) is 12.0. The summed E-state index contributed by atoms with van der Waals surface area (Å²) in [6, 6.07) is 5.74. The first-order valence-electron chi connectivity index (χ1n) is 5.67. The molecule has 0 atom stereocenters. The SMILES string of the molecule is COc1cccc2c1nc(CCl)n2Cc1ncon1. The number of fused-ring (bicyclic) bond motifs is 1. The largest absolute Gasteiger partial charge is 0.494 e. The highest BCUT2D eigenvalue weighted by atomic mass is 35.5. The van der Waals surface area contributed by atoms with Crippen LogP contribution in [0.4, 0.5) is 0 Å².